The number of methoxy groups -OCH3 is 1. The molecule has 0 radical (unpaired) electrons. The number of ether oxygens (including phenoxy) is 3. The normalized spacial score (nSPS) is 11.2. The Morgan fingerprint density at radius 3 is 2.43 bits per heavy atom. The van der Waals surface area contributed by atoms with Crippen molar-refractivity contribution in [3.8, 4) is 29.4 Å². The van der Waals surface area contributed by atoms with Crippen molar-refractivity contribution >= 4 is 10.9 Å². The summed E-state index contributed by atoms with van der Waals surface area (Å²) < 4.78 is 18.4. The first kappa shape index (κ1) is 31.0. The lowest BCUT2D eigenvalue weighted by molar-refractivity contribution is 0.124. The predicted octanol–water partition coefficient (Wildman–Crippen LogP) is 7.01. The number of nitrogens with zero attached hydrogens (tertiary/aromatic N) is 2. The van der Waals surface area contributed by atoms with Gasteiger partial charge in [-0.3, -0.25) is 4.57 Å². The van der Waals surface area contributed by atoms with Crippen molar-refractivity contribution in [1.29, 1.82) is 0 Å². The van der Waals surface area contributed by atoms with Gasteiger partial charge >= 0.3 is 5.69 Å². The zero-order chi connectivity index (χ0) is 29.7. The van der Waals surface area contributed by atoms with Gasteiger partial charge in [0.25, 0.3) is 0 Å². The fourth-order valence-electron chi connectivity index (χ4n) is 5.05. The highest BCUT2D eigenvalue weighted by molar-refractivity contribution is 5.93. The minimum absolute atomic E-state index is 0.170. The zero-order valence-electron chi connectivity index (χ0n) is 25.1. The Bertz CT molecular complexity index is 1530. The third-order valence-corrected chi connectivity index (χ3v) is 7.35. The molecule has 1 aromatic heterocycles. The SMILES string of the molecule is C#CCOc1ccc2c(c1)c(-c1ccc(C(C)C)cc1)nc(=O)n2Cc1cccc(CCCOCCCCCOC)c1. The van der Waals surface area contributed by atoms with Gasteiger partial charge in [0.05, 0.1) is 17.8 Å². The van der Waals surface area contributed by atoms with E-state index >= 15 is 0 Å². The van der Waals surface area contributed by atoms with Crippen molar-refractivity contribution in [3.63, 3.8) is 0 Å². The van der Waals surface area contributed by atoms with Crippen LogP contribution in [0.1, 0.15) is 62.1 Å². The van der Waals surface area contributed by atoms with Gasteiger partial charge in [-0.1, -0.05) is 68.3 Å². The number of fused-ring (bicyclic) bond motifs is 1. The van der Waals surface area contributed by atoms with Crippen LogP contribution in [0.4, 0.5) is 0 Å². The monoisotopic (exact) mass is 566 g/mol. The summed E-state index contributed by atoms with van der Waals surface area (Å²) in [5.74, 6) is 3.58. The van der Waals surface area contributed by atoms with Gasteiger partial charge in [-0.05, 0) is 72.9 Å². The van der Waals surface area contributed by atoms with Gasteiger partial charge in [0.2, 0.25) is 0 Å². The van der Waals surface area contributed by atoms with E-state index in [0.717, 1.165) is 74.0 Å². The second-order valence-electron chi connectivity index (χ2n) is 10.9. The fraction of sp³-hybridized carbons (Fsp3) is 0.389. The lowest BCUT2D eigenvalue weighted by atomic mass is 9.99. The molecule has 3 aromatic carbocycles. The van der Waals surface area contributed by atoms with E-state index in [1.165, 1.54) is 11.1 Å². The van der Waals surface area contributed by atoms with Crippen molar-refractivity contribution in [3.05, 3.63) is 93.9 Å². The van der Waals surface area contributed by atoms with Gasteiger partial charge in [-0.25, -0.2) is 4.79 Å². The average molecular weight is 567 g/mol. The maximum Gasteiger partial charge on any atom is 0.348 e. The number of aryl methyl sites for hydroxylation is 1. The molecule has 220 valence electrons. The molecule has 0 aliphatic rings. The maximum atomic E-state index is 13.5. The Hall–Kier alpha value is -3.92. The molecule has 6 nitrogen and oxygen atoms in total. The topological polar surface area (TPSA) is 62.6 Å². The molecule has 0 aliphatic carbocycles. The summed E-state index contributed by atoms with van der Waals surface area (Å²) in [5, 5.41) is 0.844. The van der Waals surface area contributed by atoms with Gasteiger partial charge in [0, 0.05) is 37.9 Å². The van der Waals surface area contributed by atoms with E-state index in [1.807, 2.05) is 30.3 Å². The molecule has 0 fully saturated rings. The van der Waals surface area contributed by atoms with E-state index in [4.69, 9.17) is 20.6 Å². The average Bonchev–Trinajstić information content (AvgIpc) is 3.00. The number of hydrogen-bond donors (Lipinski definition) is 0. The van der Waals surface area contributed by atoms with Crippen LogP contribution in [0.5, 0.6) is 5.75 Å². The Labute approximate surface area is 249 Å². The van der Waals surface area contributed by atoms with Crippen LogP contribution in [-0.4, -0.2) is 43.1 Å². The van der Waals surface area contributed by atoms with Crippen LogP contribution in [0.3, 0.4) is 0 Å². The summed E-state index contributed by atoms with van der Waals surface area (Å²) in [6.07, 6.45) is 10.6. The minimum Gasteiger partial charge on any atom is -0.481 e. The van der Waals surface area contributed by atoms with E-state index in [-0.39, 0.29) is 12.3 Å². The van der Waals surface area contributed by atoms with E-state index in [1.54, 1.807) is 11.7 Å². The molecule has 4 rings (SSSR count). The van der Waals surface area contributed by atoms with E-state index < -0.39 is 0 Å². The van der Waals surface area contributed by atoms with Crippen LogP contribution in [-0.2, 0) is 22.4 Å². The van der Waals surface area contributed by atoms with Gasteiger partial charge < -0.3 is 14.2 Å². The molecule has 0 saturated carbocycles. The highest BCUT2D eigenvalue weighted by atomic mass is 16.5. The summed E-state index contributed by atoms with van der Waals surface area (Å²) >= 11 is 0. The second-order valence-corrected chi connectivity index (χ2v) is 10.9. The molecule has 0 spiro atoms. The molecule has 1 heterocycles. The van der Waals surface area contributed by atoms with Crippen molar-refractivity contribution in [2.75, 3.05) is 33.5 Å². The molecule has 0 amide bonds. The zero-order valence-corrected chi connectivity index (χ0v) is 25.1. The minimum atomic E-state index is -0.285. The quantitative estimate of drug-likeness (QED) is 0.108. The van der Waals surface area contributed by atoms with E-state index in [9.17, 15) is 4.79 Å². The van der Waals surface area contributed by atoms with Crippen LogP contribution < -0.4 is 10.4 Å². The summed E-state index contributed by atoms with van der Waals surface area (Å²) in [6, 6.07) is 22.4. The number of aromatic nitrogens is 2. The summed E-state index contributed by atoms with van der Waals surface area (Å²) in [5.41, 5.74) is 5.56. The molecule has 6 heteroatoms. The highest BCUT2D eigenvalue weighted by Gasteiger charge is 2.15. The van der Waals surface area contributed by atoms with Crippen LogP contribution >= 0.6 is 0 Å². The van der Waals surface area contributed by atoms with Gasteiger partial charge in [0.1, 0.15) is 12.4 Å². The molecule has 42 heavy (non-hydrogen) atoms. The van der Waals surface area contributed by atoms with E-state index in [0.29, 0.717) is 23.9 Å². The predicted molar refractivity (Wildman–Crippen MR) is 170 cm³/mol. The summed E-state index contributed by atoms with van der Waals surface area (Å²) in [7, 11) is 1.74. The lowest BCUT2D eigenvalue weighted by Crippen LogP contribution is -2.24. The molecular weight excluding hydrogens is 524 g/mol. The Balaban J connectivity index is 1.53. The van der Waals surface area contributed by atoms with Crippen LogP contribution in [0.2, 0.25) is 0 Å². The van der Waals surface area contributed by atoms with Crippen LogP contribution in [0, 0.1) is 12.3 Å². The van der Waals surface area contributed by atoms with Crippen molar-refractivity contribution in [2.45, 2.75) is 58.4 Å². The first-order valence-corrected chi connectivity index (χ1v) is 14.9. The first-order valence-electron chi connectivity index (χ1n) is 14.9. The number of benzene rings is 3. The van der Waals surface area contributed by atoms with Crippen LogP contribution in [0.25, 0.3) is 22.2 Å². The standard InChI is InChI=1S/C36H42N2O4/c1-5-20-42-32-18-19-34-33(25-32)35(31-16-14-30(15-17-31)27(2)3)37-36(39)38(34)26-29-12-9-11-28(24-29)13-10-23-41-22-8-6-7-21-40-4/h1,9,11-12,14-19,24-25,27H,6-8,10,13,20-23,26H2,2-4H3. The van der Waals surface area contributed by atoms with Crippen LogP contribution in [0.15, 0.2) is 71.5 Å². The van der Waals surface area contributed by atoms with Crippen molar-refractivity contribution in [1.82, 2.24) is 9.55 Å². The molecule has 0 unspecified atom stereocenters. The first-order chi connectivity index (χ1) is 20.5. The number of rotatable bonds is 16. The molecular formula is C36H42N2O4. The number of hydrogen-bond acceptors (Lipinski definition) is 5. The lowest BCUT2D eigenvalue weighted by Gasteiger charge is -2.15. The number of terminal acetylenes is 1. The maximum absolute atomic E-state index is 13.5. The Morgan fingerprint density at radius 1 is 0.905 bits per heavy atom. The molecule has 0 aliphatic heterocycles. The largest absolute Gasteiger partial charge is 0.481 e. The third-order valence-electron chi connectivity index (χ3n) is 7.35. The Kier molecular flexibility index (Phi) is 11.8. The molecule has 0 bridgehead atoms. The van der Waals surface area contributed by atoms with Crippen molar-refractivity contribution < 1.29 is 14.2 Å². The summed E-state index contributed by atoms with van der Waals surface area (Å²) in [6.45, 7) is 7.26. The van der Waals surface area contributed by atoms with Gasteiger partial charge in [0.15, 0.2) is 0 Å². The highest BCUT2D eigenvalue weighted by Crippen LogP contribution is 2.30. The molecule has 0 atom stereocenters. The molecule has 0 N–H and O–H groups in total. The second kappa shape index (κ2) is 15.9. The van der Waals surface area contributed by atoms with Crippen molar-refractivity contribution in [2.24, 2.45) is 0 Å². The molecule has 4 aromatic rings. The fourth-order valence-corrected chi connectivity index (χ4v) is 5.05. The third kappa shape index (κ3) is 8.55. The smallest absolute Gasteiger partial charge is 0.348 e. The summed E-state index contributed by atoms with van der Waals surface area (Å²) in [4.78, 5) is 18.1. The Morgan fingerprint density at radius 2 is 1.67 bits per heavy atom. The van der Waals surface area contributed by atoms with Gasteiger partial charge in [-0.15, -0.1) is 6.42 Å². The molecule has 0 saturated heterocycles. The number of unbranched alkanes of at least 4 members (excludes halogenated alkanes) is 2. The van der Waals surface area contributed by atoms with Gasteiger partial charge in [-0.2, -0.15) is 4.98 Å². The van der Waals surface area contributed by atoms with E-state index in [2.05, 4.69) is 61.2 Å².